The van der Waals surface area contributed by atoms with Gasteiger partial charge in [0.2, 0.25) is 0 Å². The van der Waals surface area contributed by atoms with Gasteiger partial charge in [-0.05, 0) is 30.6 Å². The monoisotopic (exact) mass is 246 g/mol. The molecule has 1 nitrogen and oxygen atoms in total. The van der Waals surface area contributed by atoms with Crippen molar-refractivity contribution in [3.8, 4) is 0 Å². The van der Waals surface area contributed by atoms with Crippen LogP contribution in [0, 0.1) is 17.8 Å². The van der Waals surface area contributed by atoms with Gasteiger partial charge in [0.1, 0.15) is 0 Å². The Balaban J connectivity index is 2.76. The molecule has 4 heteroatoms. The Kier molecular flexibility index (Phi) is 5.74. The van der Waals surface area contributed by atoms with E-state index >= 15 is 0 Å². The molecule has 0 radical (unpaired) electrons. The number of ether oxygens (including phenoxy) is 1. The molecule has 3 atom stereocenters. The molecular weight excluding hydrogens is 221 g/mol. The van der Waals surface area contributed by atoms with E-state index in [4.69, 9.17) is 4.74 Å². The van der Waals surface area contributed by atoms with E-state index in [9.17, 15) is 4.39 Å². The van der Waals surface area contributed by atoms with Crippen molar-refractivity contribution in [3.05, 3.63) is 0 Å². The van der Waals surface area contributed by atoms with Crippen molar-refractivity contribution in [1.82, 2.24) is 0 Å². The summed E-state index contributed by atoms with van der Waals surface area (Å²) in [5.74, 6) is 1.15. The summed E-state index contributed by atoms with van der Waals surface area (Å²) in [7, 11) is 4.14. The molecular formula is C12H25BFOP. The summed E-state index contributed by atoms with van der Waals surface area (Å²) in [5.41, 5.74) is 0. The molecule has 0 aromatic carbocycles. The number of hydrogen-bond acceptors (Lipinski definition) is 1. The Morgan fingerprint density at radius 2 is 1.88 bits per heavy atom. The first kappa shape index (κ1) is 14.4. The zero-order valence-corrected chi connectivity index (χ0v) is 12.0. The maximum atomic E-state index is 14.4. The second-order valence-electron chi connectivity index (χ2n) is 5.20. The summed E-state index contributed by atoms with van der Waals surface area (Å²) in [6, 6.07) is 0. The highest BCUT2D eigenvalue weighted by Crippen LogP contribution is 2.43. The maximum absolute atomic E-state index is 14.4. The van der Waals surface area contributed by atoms with E-state index < -0.39 is 5.31 Å². The van der Waals surface area contributed by atoms with Crippen molar-refractivity contribution in [2.75, 3.05) is 13.2 Å². The minimum atomic E-state index is -1.14. The second-order valence-corrected chi connectivity index (χ2v) is 6.33. The number of hydrogen-bond donors (Lipinski definition) is 0. The van der Waals surface area contributed by atoms with Crippen LogP contribution < -0.4 is 0 Å². The van der Waals surface area contributed by atoms with Gasteiger partial charge in [-0.1, -0.05) is 26.7 Å². The molecule has 0 spiro atoms. The highest BCUT2D eigenvalue weighted by atomic mass is 31.0. The predicted molar refractivity (Wildman–Crippen MR) is 73.2 cm³/mol. The van der Waals surface area contributed by atoms with Crippen LogP contribution in [0.25, 0.3) is 0 Å². The molecule has 0 aromatic rings. The summed E-state index contributed by atoms with van der Waals surface area (Å²) < 4.78 is 19.8. The summed E-state index contributed by atoms with van der Waals surface area (Å²) in [6.45, 7) is 5.97. The van der Waals surface area contributed by atoms with Crippen LogP contribution in [0.5, 0.6) is 0 Å². The molecule has 0 saturated carbocycles. The van der Waals surface area contributed by atoms with Gasteiger partial charge in [0, 0.05) is 13.2 Å². The number of halogens is 1. The molecule has 1 saturated heterocycles. The second kappa shape index (κ2) is 6.35. The third-order valence-electron chi connectivity index (χ3n) is 3.98. The van der Waals surface area contributed by atoms with E-state index in [2.05, 4.69) is 23.1 Å². The molecule has 0 bridgehead atoms. The summed E-state index contributed by atoms with van der Waals surface area (Å²) in [6.07, 6.45) is 4.20. The van der Waals surface area contributed by atoms with Crippen molar-refractivity contribution in [2.24, 2.45) is 17.8 Å². The van der Waals surface area contributed by atoms with Crippen LogP contribution in [0.2, 0.25) is 0 Å². The van der Waals surface area contributed by atoms with Gasteiger partial charge in [-0.2, -0.15) is 0 Å². The van der Waals surface area contributed by atoms with E-state index in [0.29, 0.717) is 11.8 Å². The smallest absolute Gasteiger partial charge is 0.155 e. The molecule has 0 aromatic heterocycles. The predicted octanol–water partition coefficient (Wildman–Crippen LogP) is 2.60. The average Bonchev–Trinajstić information content (AvgIpc) is 2.25. The Hall–Kier alpha value is 0.385. The fourth-order valence-corrected chi connectivity index (χ4v) is 3.72. The van der Waals surface area contributed by atoms with Gasteiger partial charge in [0.25, 0.3) is 0 Å². The highest BCUT2D eigenvalue weighted by Gasteiger charge is 2.40. The normalized spacial score (nSPS) is 24.3. The molecule has 0 aliphatic carbocycles. The van der Waals surface area contributed by atoms with Crippen molar-refractivity contribution in [3.63, 3.8) is 0 Å². The van der Waals surface area contributed by atoms with Gasteiger partial charge in [-0.25, -0.2) is 4.39 Å². The lowest BCUT2D eigenvalue weighted by atomic mass is 9.67. The lowest BCUT2D eigenvalue weighted by Crippen LogP contribution is -2.40. The lowest BCUT2D eigenvalue weighted by Gasteiger charge is -2.41. The Labute approximate surface area is 103 Å². The molecule has 1 fully saturated rings. The van der Waals surface area contributed by atoms with Crippen LogP contribution >= 0.6 is 9.24 Å². The first-order valence-electron chi connectivity index (χ1n) is 6.56. The molecule has 0 amide bonds. The first-order chi connectivity index (χ1) is 7.50. The minimum absolute atomic E-state index is 0.163. The van der Waals surface area contributed by atoms with Crippen LogP contribution in [0.4, 0.5) is 4.39 Å². The number of rotatable bonds is 5. The van der Waals surface area contributed by atoms with E-state index in [1.807, 2.05) is 0 Å². The quantitative estimate of drug-likeness (QED) is 0.535. The Morgan fingerprint density at radius 3 is 2.25 bits per heavy atom. The average molecular weight is 246 g/mol. The zero-order valence-electron chi connectivity index (χ0n) is 10.8. The summed E-state index contributed by atoms with van der Waals surface area (Å²) in [5, 5.41) is -1.14. The Morgan fingerprint density at radius 1 is 1.38 bits per heavy atom. The SMILES string of the molecule is BC(F)(P)C(C(CC)CC)C1CCOCC1. The van der Waals surface area contributed by atoms with E-state index in [1.54, 1.807) is 7.85 Å². The van der Waals surface area contributed by atoms with Crippen LogP contribution in [0.15, 0.2) is 0 Å². The van der Waals surface area contributed by atoms with Gasteiger partial charge < -0.3 is 4.74 Å². The highest BCUT2D eigenvalue weighted by molar-refractivity contribution is 7.21. The van der Waals surface area contributed by atoms with Gasteiger partial charge in [0.15, 0.2) is 7.85 Å². The van der Waals surface area contributed by atoms with Gasteiger partial charge in [-0.15, -0.1) is 9.24 Å². The molecule has 1 aliphatic rings. The van der Waals surface area contributed by atoms with E-state index in [0.717, 1.165) is 38.9 Å². The lowest BCUT2D eigenvalue weighted by molar-refractivity contribution is 0.0135. The van der Waals surface area contributed by atoms with Crippen molar-refractivity contribution < 1.29 is 9.13 Å². The fraction of sp³-hybridized carbons (Fsp3) is 1.00. The molecule has 1 rings (SSSR count). The summed E-state index contributed by atoms with van der Waals surface area (Å²) in [4.78, 5) is 0. The van der Waals surface area contributed by atoms with E-state index in [-0.39, 0.29) is 5.92 Å². The molecule has 16 heavy (non-hydrogen) atoms. The number of alkyl halides is 1. The van der Waals surface area contributed by atoms with Crippen LogP contribution in [-0.4, -0.2) is 26.4 Å². The molecule has 1 heterocycles. The third kappa shape index (κ3) is 3.70. The van der Waals surface area contributed by atoms with Crippen molar-refractivity contribution in [1.29, 1.82) is 0 Å². The van der Waals surface area contributed by atoms with Crippen molar-refractivity contribution in [2.45, 2.75) is 44.8 Å². The van der Waals surface area contributed by atoms with Crippen LogP contribution in [0.1, 0.15) is 39.5 Å². The zero-order chi connectivity index (χ0) is 12.2. The van der Waals surface area contributed by atoms with Gasteiger partial charge >= 0.3 is 0 Å². The fourth-order valence-electron chi connectivity index (χ4n) is 3.18. The standard InChI is InChI=1S/C12H25BFOP/c1-3-9(4-2)11(12(13,14)16)10-5-7-15-8-6-10/h9-11H,3-8,13,16H2,1-2H3. The third-order valence-corrected chi connectivity index (χ3v) is 4.37. The van der Waals surface area contributed by atoms with Crippen LogP contribution in [0.3, 0.4) is 0 Å². The van der Waals surface area contributed by atoms with E-state index in [1.165, 1.54) is 0 Å². The largest absolute Gasteiger partial charge is 0.381 e. The summed E-state index contributed by atoms with van der Waals surface area (Å²) >= 11 is 0. The van der Waals surface area contributed by atoms with Crippen LogP contribution in [-0.2, 0) is 4.74 Å². The molecule has 1 aliphatic heterocycles. The van der Waals surface area contributed by atoms with Gasteiger partial charge in [-0.3, -0.25) is 0 Å². The minimum Gasteiger partial charge on any atom is -0.381 e. The van der Waals surface area contributed by atoms with Crippen molar-refractivity contribution >= 4 is 17.1 Å². The topological polar surface area (TPSA) is 9.23 Å². The molecule has 94 valence electrons. The molecule has 3 unspecified atom stereocenters. The first-order valence-corrected chi connectivity index (χ1v) is 7.13. The molecule has 0 N–H and O–H groups in total. The van der Waals surface area contributed by atoms with Gasteiger partial charge in [0.05, 0.1) is 5.31 Å². The Bertz CT molecular complexity index is 198. The maximum Gasteiger partial charge on any atom is 0.155 e.